The van der Waals surface area contributed by atoms with Gasteiger partial charge in [-0.3, -0.25) is 4.79 Å². The van der Waals surface area contributed by atoms with Crippen LogP contribution in [0.4, 0.5) is 0 Å². The van der Waals surface area contributed by atoms with Crippen molar-refractivity contribution < 1.29 is 19.1 Å². The molecule has 36 heavy (non-hydrogen) atoms. The van der Waals surface area contributed by atoms with Crippen molar-refractivity contribution in [2.24, 2.45) is 0 Å². The first-order chi connectivity index (χ1) is 16.4. The Kier molecular flexibility index (Phi) is 9.34. The van der Waals surface area contributed by atoms with Gasteiger partial charge in [-0.25, -0.2) is 4.79 Å². The van der Waals surface area contributed by atoms with Gasteiger partial charge in [0.05, 0.1) is 5.56 Å². The van der Waals surface area contributed by atoms with Crippen LogP contribution < -0.4 is 0 Å². The third-order valence-corrected chi connectivity index (χ3v) is 6.55. The number of carbonyl (C=O) groups excluding carboxylic acids is 2. The Morgan fingerprint density at radius 2 is 1.08 bits per heavy atom. The molecule has 0 N–H and O–H groups in total. The summed E-state index contributed by atoms with van der Waals surface area (Å²) in [5, 5.41) is 0. The lowest BCUT2D eigenvalue weighted by Crippen LogP contribution is -2.35. The van der Waals surface area contributed by atoms with Gasteiger partial charge in [-0.2, -0.15) is 0 Å². The number of ether oxygens (including phenoxy) is 2. The maximum absolute atomic E-state index is 13.0. The second-order valence-corrected chi connectivity index (χ2v) is 12.9. The first-order valence-electron chi connectivity index (χ1n) is 13.1. The number of ketones is 1. The van der Waals surface area contributed by atoms with Crippen LogP contribution >= 0.6 is 0 Å². The van der Waals surface area contributed by atoms with Gasteiger partial charge in [0.25, 0.3) is 0 Å². The van der Waals surface area contributed by atoms with Crippen LogP contribution in [0, 0.1) is 0 Å². The highest BCUT2D eigenvalue weighted by Crippen LogP contribution is 2.26. The third kappa shape index (κ3) is 8.58. The molecule has 2 aromatic rings. The van der Waals surface area contributed by atoms with E-state index in [1.807, 2.05) is 76.2 Å². The van der Waals surface area contributed by atoms with Crippen molar-refractivity contribution in [1.82, 2.24) is 0 Å². The number of rotatable bonds is 10. The number of hydrogen-bond acceptors (Lipinski definition) is 4. The zero-order valence-corrected chi connectivity index (χ0v) is 24.1. The zero-order valence-electron chi connectivity index (χ0n) is 24.1. The summed E-state index contributed by atoms with van der Waals surface area (Å²) in [5.74, 6) is -0.324. The fraction of sp³-hybridized carbons (Fsp3) is 0.562. The van der Waals surface area contributed by atoms with Crippen LogP contribution in [0.2, 0.25) is 0 Å². The van der Waals surface area contributed by atoms with E-state index >= 15 is 0 Å². The average Bonchev–Trinajstić information content (AvgIpc) is 2.77. The Morgan fingerprint density at radius 1 is 0.639 bits per heavy atom. The molecule has 0 unspecified atom stereocenters. The van der Waals surface area contributed by atoms with Crippen molar-refractivity contribution in [1.29, 1.82) is 0 Å². The number of benzene rings is 2. The van der Waals surface area contributed by atoms with E-state index in [-0.39, 0.29) is 22.6 Å². The summed E-state index contributed by atoms with van der Waals surface area (Å²) in [4.78, 5) is 25.6. The Morgan fingerprint density at radius 3 is 1.53 bits per heavy atom. The minimum atomic E-state index is -0.898. The van der Waals surface area contributed by atoms with E-state index in [9.17, 15) is 9.59 Å². The fourth-order valence-corrected chi connectivity index (χ4v) is 3.98. The van der Waals surface area contributed by atoms with Gasteiger partial charge in [0.1, 0.15) is 11.2 Å². The Hall–Kier alpha value is -2.46. The van der Waals surface area contributed by atoms with E-state index in [2.05, 4.69) is 41.5 Å². The van der Waals surface area contributed by atoms with Crippen LogP contribution in [0.5, 0.6) is 0 Å². The van der Waals surface area contributed by atoms with Crippen LogP contribution in [-0.4, -0.2) is 29.6 Å². The number of esters is 1. The summed E-state index contributed by atoms with van der Waals surface area (Å²) in [7, 11) is 0. The topological polar surface area (TPSA) is 52.6 Å². The predicted molar refractivity (Wildman–Crippen MR) is 148 cm³/mol. The summed E-state index contributed by atoms with van der Waals surface area (Å²) in [5.41, 5.74) is 2.22. The van der Waals surface area contributed by atoms with Crippen LogP contribution in [0.15, 0.2) is 48.5 Å². The van der Waals surface area contributed by atoms with E-state index in [4.69, 9.17) is 9.47 Å². The maximum Gasteiger partial charge on any atom is 0.338 e. The molecule has 0 saturated carbocycles. The molecule has 2 aromatic carbocycles. The summed E-state index contributed by atoms with van der Waals surface area (Å²) in [6.45, 7) is 20.9. The molecule has 0 aromatic heterocycles. The van der Waals surface area contributed by atoms with Gasteiger partial charge >= 0.3 is 5.97 Å². The van der Waals surface area contributed by atoms with E-state index < -0.39 is 11.2 Å². The van der Waals surface area contributed by atoms with Crippen molar-refractivity contribution in [3.05, 3.63) is 70.8 Å². The summed E-state index contributed by atoms with van der Waals surface area (Å²) in [6, 6.07) is 15.5. The first-order valence-corrected chi connectivity index (χ1v) is 13.1. The van der Waals surface area contributed by atoms with E-state index in [0.717, 1.165) is 12.8 Å². The van der Waals surface area contributed by atoms with Crippen molar-refractivity contribution in [3.63, 3.8) is 0 Å². The number of carbonyl (C=O) groups is 2. The molecule has 0 aliphatic carbocycles. The molecule has 0 aliphatic heterocycles. The highest BCUT2D eigenvalue weighted by Gasteiger charge is 2.30. The molecule has 0 bridgehead atoms. The van der Waals surface area contributed by atoms with Gasteiger partial charge in [-0.05, 0) is 81.0 Å². The van der Waals surface area contributed by atoms with Crippen molar-refractivity contribution in [3.8, 4) is 0 Å². The quantitative estimate of drug-likeness (QED) is 0.190. The SMILES string of the molecule is CC(C)(CCCCOC(C)(C)C(=O)c1ccc(C(C)(C)C)cc1)OC(=O)c1ccc(C(C)(C)C)cc1. The molecule has 4 heteroatoms. The molecular weight excluding hydrogens is 448 g/mol. The van der Waals surface area contributed by atoms with Gasteiger partial charge in [-0.1, -0.05) is 77.9 Å². The Balaban J connectivity index is 1.81. The molecule has 198 valence electrons. The van der Waals surface area contributed by atoms with Gasteiger partial charge in [0, 0.05) is 12.2 Å². The van der Waals surface area contributed by atoms with Crippen LogP contribution in [0.3, 0.4) is 0 Å². The van der Waals surface area contributed by atoms with Crippen molar-refractivity contribution in [2.45, 2.75) is 111 Å². The minimum Gasteiger partial charge on any atom is -0.456 e. The molecule has 0 heterocycles. The second-order valence-electron chi connectivity index (χ2n) is 12.9. The zero-order chi connectivity index (χ0) is 27.4. The average molecular weight is 495 g/mol. The standard InChI is InChI=1S/C32H46O4/c1-29(2,3)25-17-13-23(14-18-25)27(33)32(9,10)35-22-12-11-21-31(7,8)36-28(34)24-15-19-26(20-16-24)30(4,5)6/h13-20H,11-12,21-22H2,1-10H3. The second kappa shape index (κ2) is 11.3. The fourth-order valence-electron chi connectivity index (χ4n) is 3.98. The molecule has 0 spiro atoms. The molecule has 0 saturated heterocycles. The number of unbranched alkanes of at least 4 members (excludes halogenated alkanes) is 1. The lowest BCUT2D eigenvalue weighted by Gasteiger charge is -2.27. The van der Waals surface area contributed by atoms with E-state index in [0.29, 0.717) is 24.2 Å². The third-order valence-electron chi connectivity index (χ3n) is 6.55. The molecule has 0 fully saturated rings. The van der Waals surface area contributed by atoms with E-state index in [1.54, 1.807) is 0 Å². The lowest BCUT2D eigenvalue weighted by atomic mass is 9.85. The van der Waals surface area contributed by atoms with E-state index in [1.165, 1.54) is 11.1 Å². The number of hydrogen-bond donors (Lipinski definition) is 0. The molecule has 2 rings (SSSR count). The molecule has 0 atom stereocenters. The first kappa shape index (κ1) is 29.8. The van der Waals surface area contributed by atoms with Gasteiger partial charge in [0.15, 0.2) is 5.78 Å². The van der Waals surface area contributed by atoms with Crippen LogP contribution in [0.1, 0.15) is 120 Å². The summed E-state index contributed by atoms with van der Waals surface area (Å²) < 4.78 is 11.8. The monoisotopic (exact) mass is 494 g/mol. The molecule has 0 radical (unpaired) electrons. The van der Waals surface area contributed by atoms with Crippen LogP contribution in [0.25, 0.3) is 0 Å². The maximum atomic E-state index is 13.0. The molecule has 0 aliphatic rings. The van der Waals surface area contributed by atoms with Crippen molar-refractivity contribution in [2.75, 3.05) is 6.61 Å². The largest absolute Gasteiger partial charge is 0.456 e. The predicted octanol–water partition coefficient (Wildman–Crippen LogP) is 8.07. The molecule has 0 amide bonds. The summed E-state index contributed by atoms with van der Waals surface area (Å²) in [6.07, 6.45) is 2.32. The number of Topliss-reactive ketones (excluding diaryl/α,β-unsaturated/α-hetero) is 1. The normalized spacial score (nSPS) is 12.9. The molecule has 4 nitrogen and oxygen atoms in total. The van der Waals surface area contributed by atoms with Crippen LogP contribution in [-0.2, 0) is 20.3 Å². The highest BCUT2D eigenvalue weighted by molar-refractivity contribution is 6.02. The van der Waals surface area contributed by atoms with Gasteiger partial charge in [0.2, 0.25) is 0 Å². The smallest absolute Gasteiger partial charge is 0.338 e. The van der Waals surface area contributed by atoms with Gasteiger partial charge in [-0.15, -0.1) is 0 Å². The Bertz CT molecular complexity index is 1010. The minimum absolute atomic E-state index is 0.0188. The lowest BCUT2D eigenvalue weighted by molar-refractivity contribution is -0.0150. The Labute approximate surface area is 218 Å². The van der Waals surface area contributed by atoms with Crippen molar-refractivity contribution >= 4 is 11.8 Å². The highest BCUT2D eigenvalue weighted by atomic mass is 16.6. The summed E-state index contributed by atoms with van der Waals surface area (Å²) >= 11 is 0. The van der Waals surface area contributed by atoms with Gasteiger partial charge < -0.3 is 9.47 Å². The molecular formula is C32H46O4.